The Morgan fingerprint density at radius 2 is 1.85 bits per heavy atom. The summed E-state index contributed by atoms with van der Waals surface area (Å²) in [6, 6.07) is 17.2. The molecule has 2 N–H and O–H groups in total. The Labute approximate surface area is 150 Å². The van der Waals surface area contributed by atoms with Crippen molar-refractivity contribution in [3.05, 3.63) is 87.8 Å². The predicted octanol–water partition coefficient (Wildman–Crippen LogP) is 2.91. The second-order valence-corrected chi connectivity index (χ2v) is 6.24. The van der Waals surface area contributed by atoms with Gasteiger partial charge in [-0.1, -0.05) is 30.3 Å². The number of hydrogen-bond acceptors (Lipinski definition) is 3. The molecule has 5 nitrogen and oxygen atoms in total. The Morgan fingerprint density at radius 3 is 2.65 bits per heavy atom. The number of nitrogens with one attached hydrogen (secondary N) is 2. The van der Waals surface area contributed by atoms with Gasteiger partial charge in [0.1, 0.15) is 5.75 Å². The number of carbonyl (C=O) groups excluding carboxylic acids is 1. The number of fused-ring (bicyclic) bond motifs is 1. The molecule has 0 aliphatic carbocycles. The third kappa shape index (κ3) is 3.37. The first-order valence-electron chi connectivity index (χ1n) is 8.51. The van der Waals surface area contributed by atoms with Crippen molar-refractivity contribution in [2.24, 2.45) is 0 Å². The van der Waals surface area contributed by atoms with Crippen LogP contribution in [0.1, 0.15) is 21.5 Å². The van der Waals surface area contributed by atoms with Gasteiger partial charge in [-0.15, -0.1) is 0 Å². The van der Waals surface area contributed by atoms with Crippen molar-refractivity contribution >= 4 is 5.91 Å². The van der Waals surface area contributed by atoms with Gasteiger partial charge in [0, 0.05) is 30.8 Å². The van der Waals surface area contributed by atoms with Gasteiger partial charge in [-0.05, 0) is 40.5 Å². The molecule has 1 aromatic heterocycles. The molecule has 1 amide bonds. The van der Waals surface area contributed by atoms with E-state index >= 15 is 0 Å². The van der Waals surface area contributed by atoms with Crippen LogP contribution in [-0.2, 0) is 13.0 Å². The zero-order valence-corrected chi connectivity index (χ0v) is 14.1. The Kier molecular flexibility index (Phi) is 4.27. The van der Waals surface area contributed by atoms with E-state index in [0.717, 1.165) is 35.5 Å². The number of rotatable bonds is 4. The van der Waals surface area contributed by atoms with E-state index < -0.39 is 0 Å². The van der Waals surface area contributed by atoms with E-state index in [1.165, 1.54) is 17.8 Å². The highest BCUT2D eigenvalue weighted by Gasteiger charge is 2.12. The van der Waals surface area contributed by atoms with Gasteiger partial charge in [0.2, 0.25) is 5.56 Å². The molecule has 2 heterocycles. The molecule has 0 unspecified atom stereocenters. The Bertz CT molecular complexity index is 1010. The average molecular weight is 346 g/mol. The van der Waals surface area contributed by atoms with Crippen molar-refractivity contribution in [1.82, 2.24) is 10.3 Å². The maximum Gasteiger partial charge on any atom is 0.251 e. The maximum absolute atomic E-state index is 12.1. The van der Waals surface area contributed by atoms with Crippen molar-refractivity contribution in [3.63, 3.8) is 0 Å². The Balaban J connectivity index is 1.43. The number of H-pyrrole nitrogens is 1. The van der Waals surface area contributed by atoms with Gasteiger partial charge in [-0.3, -0.25) is 9.59 Å². The van der Waals surface area contributed by atoms with E-state index in [4.69, 9.17) is 4.74 Å². The summed E-state index contributed by atoms with van der Waals surface area (Å²) in [7, 11) is 0. The van der Waals surface area contributed by atoms with Crippen LogP contribution >= 0.6 is 0 Å². The van der Waals surface area contributed by atoms with Gasteiger partial charge in [-0.25, -0.2) is 0 Å². The quantitative estimate of drug-likeness (QED) is 0.763. The molecule has 4 rings (SSSR count). The van der Waals surface area contributed by atoms with Crippen LogP contribution in [-0.4, -0.2) is 17.5 Å². The lowest BCUT2D eigenvalue weighted by Crippen LogP contribution is -2.24. The molecule has 3 aromatic rings. The standard InChI is InChI=1S/C21H18N2O3/c24-20-12-18(7-9-22-20)21(25)23-13-14-1-3-15(4-2-14)16-5-6-19-17(11-16)8-10-26-19/h1-7,9,11-12H,8,10,13H2,(H,22,24)(H,23,25). The molecule has 5 heteroatoms. The van der Waals surface area contributed by atoms with Crippen LogP contribution in [0.2, 0.25) is 0 Å². The first kappa shape index (κ1) is 16.1. The molecule has 2 aromatic carbocycles. The van der Waals surface area contributed by atoms with E-state index in [-0.39, 0.29) is 11.5 Å². The summed E-state index contributed by atoms with van der Waals surface area (Å²) in [5, 5.41) is 2.83. The number of hydrogen-bond donors (Lipinski definition) is 2. The lowest BCUT2D eigenvalue weighted by Gasteiger charge is -2.08. The minimum absolute atomic E-state index is 0.265. The fraction of sp³-hybridized carbons (Fsp3) is 0.143. The van der Waals surface area contributed by atoms with Gasteiger partial charge in [0.15, 0.2) is 0 Å². The number of pyridine rings is 1. The number of amides is 1. The molecule has 0 saturated heterocycles. The van der Waals surface area contributed by atoms with Crippen molar-refractivity contribution in [2.45, 2.75) is 13.0 Å². The van der Waals surface area contributed by atoms with Crippen LogP contribution in [0.4, 0.5) is 0 Å². The first-order chi connectivity index (χ1) is 12.7. The van der Waals surface area contributed by atoms with Gasteiger partial charge < -0.3 is 15.0 Å². The smallest absolute Gasteiger partial charge is 0.251 e. The van der Waals surface area contributed by atoms with Gasteiger partial charge in [0.05, 0.1) is 6.61 Å². The highest BCUT2D eigenvalue weighted by molar-refractivity contribution is 5.93. The fourth-order valence-corrected chi connectivity index (χ4v) is 3.05. The highest BCUT2D eigenvalue weighted by atomic mass is 16.5. The molecule has 1 aliphatic rings. The van der Waals surface area contributed by atoms with Crippen molar-refractivity contribution in [1.29, 1.82) is 0 Å². The minimum atomic E-state index is -0.290. The zero-order chi connectivity index (χ0) is 17.9. The van der Waals surface area contributed by atoms with E-state index in [9.17, 15) is 9.59 Å². The number of ether oxygens (including phenoxy) is 1. The van der Waals surface area contributed by atoms with Crippen LogP contribution in [0.5, 0.6) is 5.75 Å². The molecule has 130 valence electrons. The van der Waals surface area contributed by atoms with Crippen LogP contribution in [0.25, 0.3) is 11.1 Å². The lowest BCUT2D eigenvalue weighted by molar-refractivity contribution is 0.0950. The molecule has 0 fully saturated rings. The number of carbonyl (C=O) groups is 1. The van der Waals surface area contributed by atoms with Gasteiger partial charge in [0.25, 0.3) is 5.91 Å². The molecule has 0 radical (unpaired) electrons. The summed E-state index contributed by atoms with van der Waals surface area (Å²) in [5.41, 5.74) is 4.60. The number of aromatic amines is 1. The van der Waals surface area contributed by atoms with Crippen LogP contribution in [0, 0.1) is 0 Å². The largest absolute Gasteiger partial charge is 0.493 e. The molecule has 0 spiro atoms. The van der Waals surface area contributed by atoms with Gasteiger partial charge in [-0.2, -0.15) is 0 Å². The summed E-state index contributed by atoms with van der Waals surface area (Å²) in [4.78, 5) is 25.9. The summed E-state index contributed by atoms with van der Waals surface area (Å²) in [6.45, 7) is 1.16. The molecule has 1 aliphatic heterocycles. The summed E-state index contributed by atoms with van der Waals surface area (Å²) >= 11 is 0. The minimum Gasteiger partial charge on any atom is -0.493 e. The fourth-order valence-electron chi connectivity index (χ4n) is 3.05. The zero-order valence-electron chi connectivity index (χ0n) is 14.1. The van der Waals surface area contributed by atoms with Gasteiger partial charge >= 0.3 is 0 Å². The maximum atomic E-state index is 12.1. The lowest BCUT2D eigenvalue weighted by atomic mass is 10.0. The van der Waals surface area contributed by atoms with Crippen molar-refractivity contribution < 1.29 is 9.53 Å². The molecule has 0 saturated carbocycles. The van der Waals surface area contributed by atoms with E-state index in [0.29, 0.717) is 12.1 Å². The number of aromatic nitrogens is 1. The summed E-state index contributed by atoms with van der Waals surface area (Å²) in [6.07, 6.45) is 2.42. The molecule has 0 atom stereocenters. The third-order valence-electron chi connectivity index (χ3n) is 4.47. The number of benzene rings is 2. The van der Waals surface area contributed by atoms with Crippen LogP contribution < -0.4 is 15.6 Å². The monoisotopic (exact) mass is 346 g/mol. The SMILES string of the molecule is O=C(NCc1ccc(-c2ccc3c(c2)CCO3)cc1)c1cc[nH]c(=O)c1. The van der Waals surface area contributed by atoms with Crippen LogP contribution in [0.15, 0.2) is 65.6 Å². The van der Waals surface area contributed by atoms with Crippen molar-refractivity contribution in [3.8, 4) is 16.9 Å². The molecular weight excluding hydrogens is 328 g/mol. The topological polar surface area (TPSA) is 71.2 Å². The third-order valence-corrected chi connectivity index (χ3v) is 4.47. The molecule has 26 heavy (non-hydrogen) atoms. The average Bonchev–Trinajstić information content (AvgIpc) is 3.14. The Hall–Kier alpha value is -3.34. The summed E-state index contributed by atoms with van der Waals surface area (Å²) < 4.78 is 5.54. The first-order valence-corrected chi connectivity index (χ1v) is 8.51. The second-order valence-electron chi connectivity index (χ2n) is 6.24. The van der Waals surface area contributed by atoms with Crippen molar-refractivity contribution in [2.75, 3.05) is 6.61 Å². The molecular formula is C21H18N2O3. The van der Waals surface area contributed by atoms with E-state index in [1.807, 2.05) is 30.3 Å². The normalized spacial score (nSPS) is 12.3. The predicted molar refractivity (Wildman–Crippen MR) is 99.3 cm³/mol. The molecule has 0 bridgehead atoms. The van der Waals surface area contributed by atoms with E-state index in [2.05, 4.69) is 22.4 Å². The van der Waals surface area contributed by atoms with Crippen LogP contribution in [0.3, 0.4) is 0 Å². The summed E-state index contributed by atoms with van der Waals surface area (Å²) in [5.74, 6) is 0.714. The Morgan fingerprint density at radius 1 is 1.04 bits per heavy atom. The van der Waals surface area contributed by atoms with E-state index in [1.54, 1.807) is 6.07 Å². The second kappa shape index (κ2) is 6.88. The highest BCUT2D eigenvalue weighted by Crippen LogP contribution is 2.30.